The van der Waals surface area contributed by atoms with Crippen LogP contribution in [0.1, 0.15) is 60.8 Å². The normalized spacial score (nSPS) is 21.8. The van der Waals surface area contributed by atoms with Gasteiger partial charge < -0.3 is 35.1 Å². The van der Waals surface area contributed by atoms with Crippen molar-refractivity contribution in [3.63, 3.8) is 0 Å². The van der Waals surface area contributed by atoms with E-state index in [1.807, 2.05) is 72.8 Å². The Kier molecular flexibility index (Phi) is 11.6. The van der Waals surface area contributed by atoms with Crippen molar-refractivity contribution < 1.29 is 34.0 Å². The van der Waals surface area contributed by atoms with Gasteiger partial charge in [0.05, 0.1) is 32.0 Å². The van der Waals surface area contributed by atoms with Crippen LogP contribution in [0.3, 0.4) is 0 Å². The molecule has 4 unspecified atom stereocenters. The molecule has 2 aliphatic heterocycles. The number of aliphatic hydroxyl groups excluding tert-OH is 2. The maximum absolute atomic E-state index is 12.1. The smallest absolute Gasteiger partial charge is 0.325 e. The molecule has 0 bridgehead atoms. The Morgan fingerprint density at radius 3 is 2.44 bits per heavy atom. The SMILES string of the molecule is CCOC(=O)CNC(=O)NCc1cccc(-c2ccc(C3OC(CN4CCCC4CO)CC(c4ccc(CO)cc4)O3)cc2)c1. The molecule has 0 aliphatic carbocycles. The number of hydrogen-bond acceptors (Lipinski definition) is 8. The molecule has 0 saturated carbocycles. The molecule has 2 saturated heterocycles. The van der Waals surface area contributed by atoms with Crippen LogP contribution >= 0.6 is 0 Å². The molecule has 45 heavy (non-hydrogen) atoms. The second-order valence-electron chi connectivity index (χ2n) is 11.5. The number of carbonyl (C=O) groups excluding carboxylic acids is 2. The van der Waals surface area contributed by atoms with E-state index in [-0.39, 0.29) is 44.6 Å². The first-order valence-corrected chi connectivity index (χ1v) is 15.7. The molecule has 10 heteroatoms. The van der Waals surface area contributed by atoms with Gasteiger partial charge in [0, 0.05) is 31.1 Å². The first-order valence-electron chi connectivity index (χ1n) is 15.7. The first-order chi connectivity index (χ1) is 21.9. The van der Waals surface area contributed by atoms with Crippen molar-refractivity contribution in [1.82, 2.24) is 15.5 Å². The van der Waals surface area contributed by atoms with Crippen LogP contribution in [0, 0.1) is 0 Å². The van der Waals surface area contributed by atoms with Gasteiger partial charge in [-0.1, -0.05) is 66.7 Å². The Hall–Kier alpha value is -3.80. The number of nitrogens with one attached hydrogen (secondary N) is 2. The number of urea groups is 1. The molecule has 5 rings (SSSR count). The minimum atomic E-state index is -0.556. The number of rotatable bonds is 12. The van der Waals surface area contributed by atoms with Crippen LogP contribution in [0.2, 0.25) is 0 Å². The molecule has 0 spiro atoms. The Labute approximate surface area is 264 Å². The summed E-state index contributed by atoms with van der Waals surface area (Å²) in [5, 5.41) is 24.6. The fraction of sp³-hybridized carbons (Fsp3) is 0.429. The van der Waals surface area contributed by atoms with E-state index in [0.717, 1.165) is 59.3 Å². The molecule has 4 atom stereocenters. The van der Waals surface area contributed by atoms with Gasteiger partial charge in [0.15, 0.2) is 6.29 Å². The van der Waals surface area contributed by atoms with Crippen LogP contribution in [0.15, 0.2) is 72.8 Å². The van der Waals surface area contributed by atoms with Gasteiger partial charge in [-0.15, -0.1) is 0 Å². The van der Waals surface area contributed by atoms with E-state index in [1.165, 1.54) is 0 Å². The van der Waals surface area contributed by atoms with Crippen molar-refractivity contribution in [3.8, 4) is 11.1 Å². The molecular formula is C35H43N3O7. The minimum absolute atomic E-state index is 0.00407. The van der Waals surface area contributed by atoms with E-state index in [0.29, 0.717) is 13.0 Å². The maximum Gasteiger partial charge on any atom is 0.325 e. The number of ether oxygens (including phenoxy) is 3. The third kappa shape index (κ3) is 8.90. The number of benzene rings is 3. The number of likely N-dealkylation sites (tertiary alicyclic amines) is 1. The average Bonchev–Trinajstić information content (AvgIpc) is 3.53. The zero-order valence-corrected chi connectivity index (χ0v) is 25.7. The summed E-state index contributed by atoms with van der Waals surface area (Å²) in [5.74, 6) is -0.480. The van der Waals surface area contributed by atoms with Crippen LogP contribution in [0.4, 0.5) is 4.79 Å². The molecule has 240 valence electrons. The minimum Gasteiger partial charge on any atom is -0.465 e. The van der Waals surface area contributed by atoms with Gasteiger partial charge in [0.2, 0.25) is 0 Å². The van der Waals surface area contributed by atoms with Gasteiger partial charge in [0.25, 0.3) is 0 Å². The standard InChI is InChI=1S/C35H43N3O7/c1-2-43-33(41)20-37-35(42)36-19-25-5-3-6-29(17-25)26-12-14-28(15-13-26)34-44-31(21-38-16-4-7-30(38)23-40)18-32(45-34)27-10-8-24(22-39)9-11-27/h3,5-6,8-15,17,30-32,34,39-40H,2,4,7,16,18-23H2,1H3,(H2,36,37,42). The molecule has 3 aromatic carbocycles. The summed E-state index contributed by atoms with van der Waals surface area (Å²) < 4.78 is 17.9. The van der Waals surface area contributed by atoms with Crippen molar-refractivity contribution in [2.24, 2.45) is 0 Å². The summed E-state index contributed by atoms with van der Waals surface area (Å²) in [4.78, 5) is 25.9. The zero-order chi connectivity index (χ0) is 31.6. The molecule has 0 aromatic heterocycles. The number of amides is 2. The Balaban J connectivity index is 1.25. The molecule has 2 amide bonds. The number of hydrogen-bond donors (Lipinski definition) is 4. The lowest BCUT2D eigenvalue weighted by atomic mass is 9.99. The lowest BCUT2D eigenvalue weighted by molar-refractivity contribution is -0.253. The van der Waals surface area contributed by atoms with E-state index in [4.69, 9.17) is 14.2 Å². The highest BCUT2D eigenvalue weighted by Crippen LogP contribution is 2.39. The van der Waals surface area contributed by atoms with E-state index >= 15 is 0 Å². The van der Waals surface area contributed by atoms with Crippen LogP contribution in [-0.2, 0) is 32.2 Å². The summed E-state index contributed by atoms with van der Waals surface area (Å²) in [6.07, 6.45) is 1.97. The van der Waals surface area contributed by atoms with Gasteiger partial charge in [-0.25, -0.2) is 4.79 Å². The summed E-state index contributed by atoms with van der Waals surface area (Å²) in [5.41, 5.74) is 5.75. The maximum atomic E-state index is 12.1. The highest BCUT2D eigenvalue weighted by atomic mass is 16.7. The van der Waals surface area contributed by atoms with E-state index < -0.39 is 18.3 Å². The van der Waals surface area contributed by atoms with E-state index in [9.17, 15) is 19.8 Å². The molecule has 2 heterocycles. The molecule has 2 fully saturated rings. The highest BCUT2D eigenvalue weighted by Gasteiger charge is 2.35. The van der Waals surface area contributed by atoms with Gasteiger partial charge in [-0.3, -0.25) is 9.69 Å². The molecule has 4 N–H and O–H groups in total. The topological polar surface area (TPSA) is 130 Å². The zero-order valence-electron chi connectivity index (χ0n) is 25.7. The van der Waals surface area contributed by atoms with Crippen LogP contribution in [0.5, 0.6) is 0 Å². The third-order valence-corrected chi connectivity index (χ3v) is 8.36. The lowest BCUT2D eigenvalue weighted by Crippen LogP contribution is -2.42. The summed E-state index contributed by atoms with van der Waals surface area (Å²) >= 11 is 0. The molecule has 0 radical (unpaired) electrons. The largest absolute Gasteiger partial charge is 0.465 e. The highest BCUT2D eigenvalue weighted by molar-refractivity contribution is 5.80. The molecular weight excluding hydrogens is 574 g/mol. The summed E-state index contributed by atoms with van der Waals surface area (Å²) in [6, 6.07) is 23.6. The number of esters is 1. The Bertz CT molecular complexity index is 1400. The second kappa shape index (κ2) is 16.0. The lowest BCUT2D eigenvalue weighted by Gasteiger charge is -2.38. The number of nitrogens with zero attached hydrogens (tertiary/aromatic N) is 1. The Morgan fingerprint density at radius 2 is 1.71 bits per heavy atom. The third-order valence-electron chi connectivity index (χ3n) is 8.36. The molecule has 3 aromatic rings. The predicted octanol–water partition coefficient (Wildman–Crippen LogP) is 4.21. The van der Waals surface area contributed by atoms with Crippen molar-refractivity contribution >= 4 is 12.0 Å². The molecule has 10 nitrogen and oxygen atoms in total. The Morgan fingerprint density at radius 1 is 0.933 bits per heavy atom. The van der Waals surface area contributed by atoms with Crippen LogP contribution in [-0.4, -0.2) is 72.1 Å². The van der Waals surface area contributed by atoms with Crippen molar-refractivity contribution in [3.05, 3.63) is 95.1 Å². The monoisotopic (exact) mass is 617 g/mol. The molecule has 2 aliphatic rings. The predicted molar refractivity (Wildman–Crippen MR) is 169 cm³/mol. The van der Waals surface area contributed by atoms with Gasteiger partial charge in [-0.2, -0.15) is 0 Å². The second-order valence-corrected chi connectivity index (χ2v) is 11.5. The quantitative estimate of drug-likeness (QED) is 0.223. The average molecular weight is 618 g/mol. The van der Waals surface area contributed by atoms with Gasteiger partial charge >= 0.3 is 12.0 Å². The number of aliphatic hydroxyl groups is 2. The van der Waals surface area contributed by atoms with Crippen molar-refractivity contribution in [2.75, 3.05) is 32.8 Å². The van der Waals surface area contributed by atoms with Gasteiger partial charge in [0.1, 0.15) is 6.54 Å². The van der Waals surface area contributed by atoms with E-state index in [2.05, 4.69) is 15.5 Å². The first kappa shape index (κ1) is 32.6. The van der Waals surface area contributed by atoms with Crippen LogP contribution < -0.4 is 10.6 Å². The summed E-state index contributed by atoms with van der Waals surface area (Å²) in [6.45, 7) is 3.94. The van der Waals surface area contributed by atoms with Gasteiger partial charge in [-0.05, 0) is 60.2 Å². The van der Waals surface area contributed by atoms with Crippen LogP contribution in [0.25, 0.3) is 11.1 Å². The van der Waals surface area contributed by atoms with E-state index in [1.54, 1.807) is 6.92 Å². The fourth-order valence-electron chi connectivity index (χ4n) is 5.94. The summed E-state index contributed by atoms with van der Waals surface area (Å²) in [7, 11) is 0. The number of carbonyl (C=O) groups is 2. The fourth-order valence-corrected chi connectivity index (χ4v) is 5.94. The van der Waals surface area contributed by atoms with Crippen molar-refractivity contribution in [1.29, 1.82) is 0 Å². The van der Waals surface area contributed by atoms with Crippen molar-refractivity contribution in [2.45, 2.75) is 63.9 Å².